The standard InChI is InChI=1S/C17H24N4O3/c1-13-6-4-7-14(10-13)17-20-19-16(24-17)12-21(2)11-15(22)18-8-5-9-23-3/h4,6-7,10H,5,8-9,11-12H2,1-3H3,(H,18,22). The molecule has 1 aromatic heterocycles. The molecule has 0 aliphatic carbocycles. The maximum atomic E-state index is 11.8. The molecule has 0 aliphatic heterocycles. The number of aryl methyl sites for hydroxylation is 1. The third-order valence-corrected chi connectivity index (χ3v) is 3.40. The van der Waals surface area contributed by atoms with Crippen LogP contribution in [0.15, 0.2) is 28.7 Å². The minimum absolute atomic E-state index is 0.0352. The van der Waals surface area contributed by atoms with Gasteiger partial charge in [-0.25, -0.2) is 0 Å². The number of methoxy groups -OCH3 is 1. The summed E-state index contributed by atoms with van der Waals surface area (Å²) in [6, 6.07) is 7.89. The second-order valence-corrected chi connectivity index (χ2v) is 5.74. The van der Waals surface area contributed by atoms with Crippen molar-refractivity contribution in [2.45, 2.75) is 19.9 Å². The third kappa shape index (κ3) is 5.75. The van der Waals surface area contributed by atoms with Gasteiger partial charge in [-0.3, -0.25) is 9.69 Å². The molecule has 0 saturated heterocycles. The van der Waals surface area contributed by atoms with E-state index in [1.54, 1.807) is 7.11 Å². The average molecular weight is 332 g/mol. The molecule has 24 heavy (non-hydrogen) atoms. The molecule has 130 valence electrons. The number of rotatable bonds is 9. The van der Waals surface area contributed by atoms with E-state index in [2.05, 4.69) is 15.5 Å². The second-order valence-electron chi connectivity index (χ2n) is 5.74. The van der Waals surface area contributed by atoms with Crippen LogP contribution < -0.4 is 5.32 Å². The van der Waals surface area contributed by atoms with Gasteiger partial charge in [0, 0.05) is 25.8 Å². The predicted octanol–water partition coefficient (Wildman–Crippen LogP) is 1.63. The summed E-state index contributed by atoms with van der Waals surface area (Å²) >= 11 is 0. The Bertz CT molecular complexity index is 657. The highest BCUT2D eigenvalue weighted by Gasteiger charge is 2.12. The molecule has 1 aromatic carbocycles. The van der Waals surface area contributed by atoms with Crippen LogP contribution in [0.1, 0.15) is 17.9 Å². The first kappa shape index (κ1) is 18.1. The van der Waals surface area contributed by atoms with Crippen molar-refractivity contribution in [1.29, 1.82) is 0 Å². The minimum atomic E-state index is -0.0352. The molecule has 1 heterocycles. The monoisotopic (exact) mass is 332 g/mol. The molecule has 0 saturated carbocycles. The van der Waals surface area contributed by atoms with Gasteiger partial charge in [0.2, 0.25) is 17.7 Å². The molecule has 2 aromatic rings. The number of amides is 1. The van der Waals surface area contributed by atoms with Crippen LogP contribution in [-0.4, -0.2) is 54.9 Å². The maximum Gasteiger partial charge on any atom is 0.247 e. The fourth-order valence-corrected chi connectivity index (χ4v) is 2.24. The van der Waals surface area contributed by atoms with E-state index < -0.39 is 0 Å². The summed E-state index contributed by atoms with van der Waals surface area (Å²) in [5, 5.41) is 11.0. The first-order valence-electron chi connectivity index (χ1n) is 7.92. The minimum Gasteiger partial charge on any atom is -0.419 e. The van der Waals surface area contributed by atoms with Gasteiger partial charge < -0.3 is 14.5 Å². The summed E-state index contributed by atoms with van der Waals surface area (Å²) in [5.74, 6) is 0.944. The third-order valence-electron chi connectivity index (χ3n) is 3.40. The molecule has 7 nitrogen and oxygen atoms in total. The highest BCUT2D eigenvalue weighted by molar-refractivity contribution is 5.77. The first-order chi connectivity index (χ1) is 11.6. The highest BCUT2D eigenvalue weighted by Crippen LogP contribution is 2.19. The van der Waals surface area contributed by atoms with E-state index in [4.69, 9.17) is 9.15 Å². The van der Waals surface area contributed by atoms with Gasteiger partial charge in [-0.1, -0.05) is 17.7 Å². The summed E-state index contributed by atoms with van der Waals surface area (Å²) in [6.45, 7) is 3.96. The van der Waals surface area contributed by atoms with Crippen LogP contribution in [0.25, 0.3) is 11.5 Å². The number of nitrogens with zero attached hydrogens (tertiary/aromatic N) is 3. The van der Waals surface area contributed by atoms with Gasteiger partial charge in [0.25, 0.3) is 0 Å². The van der Waals surface area contributed by atoms with Crippen LogP contribution in [0.4, 0.5) is 0 Å². The van der Waals surface area contributed by atoms with E-state index >= 15 is 0 Å². The number of carbonyl (C=O) groups excluding carboxylic acids is 1. The van der Waals surface area contributed by atoms with Crippen molar-refractivity contribution in [2.24, 2.45) is 0 Å². The number of likely N-dealkylation sites (N-methyl/N-ethyl adjacent to an activating group) is 1. The molecule has 2 rings (SSSR count). The average Bonchev–Trinajstić information content (AvgIpc) is 3.00. The highest BCUT2D eigenvalue weighted by atomic mass is 16.5. The molecular formula is C17H24N4O3. The van der Waals surface area contributed by atoms with Gasteiger partial charge in [0.1, 0.15) is 0 Å². The molecule has 0 unspecified atom stereocenters. The fraction of sp³-hybridized carbons (Fsp3) is 0.471. The lowest BCUT2D eigenvalue weighted by Gasteiger charge is -2.13. The quantitative estimate of drug-likeness (QED) is 0.703. The number of nitrogens with one attached hydrogen (secondary N) is 1. The summed E-state index contributed by atoms with van der Waals surface area (Å²) in [4.78, 5) is 13.6. The smallest absolute Gasteiger partial charge is 0.247 e. The number of aromatic nitrogens is 2. The van der Waals surface area contributed by atoms with Crippen molar-refractivity contribution in [3.8, 4) is 11.5 Å². The Kier molecular flexibility index (Phi) is 6.89. The topological polar surface area (TPSA) is 80.5 Å². The van der Waals surface area contributed by atoms with Crippen LogP contribution in [0.2, 0.25) is 0 Å². The van der Waals surface area contributed by atoms with Crippen molar-refractivity contribution in [3.05, 3.63) is 35.7 Å². The largest absolute Gasteiger partial charge is 0.419 e. The Hall–Kier alpha value is -2.25. The van der Waals surface area contributed by atoms with Crippen molar-refractivity contribution < 1.29 is 13.9 Å². The van der Waals surface area contributed by atoms with Gasteiger partial charge in [-0.15, -0.1) is 10.2 Å². The first-order valence-corrected chi connectivity index (χ1v) is 7.92. The molecule has 0 bridgehead atoms. The Morgan fingerprint density at radius 3 is 2.96 bits per heavy atom. The van der Waals surface area contributed by atoms with E-state index in [-0.39, 0.29) is 12.5 Å². The van der Waals surface area contributed by atoms with Gasteiger partial charge >= 0.3 is 0 Å². The van der Waals surface area contributed by atoms with E-state index in [9.17, 15) is 4.79 Å². The van der Waals surface area contributed by atoms with Crippen LogP contribution in [-0.2, 0) is 16.1 Å². The van der Waals surface area contributed by atoms with Crippen LogP contribution in [0, 0.1) is 6.92 Å². The van der Waals surface area contributed by atoms with E-state index in [1.807, 2.05) is 43.1 Å². The molecular weight excluding hydrogens is 308 g/mol. The van der Waals surface area contributed by atoms with E-state index in [1.165, 1.54) is 0 Å². The zero-order valence-corrected chi connectivity index (χ0v) is 14.4. The molecule has 0 fully saturated rings. The maximum absolute atomic E-state index is 11.8. The van der Waals surface area contributed by atoms with Gasteiger partial charge in [-0.05, 0) is 32.5 Å². The van der Waals surface area contributed by atoms with Gasteiger partial charge in [0.05, 0.1) is 13.1 Å². The molecule has 7 heteroatoms. The zero-order chi connectivity index (χ0) is 17.4. The Morgan fingerprint density at radius 2 is 2.21 bits per heavy atom. The van der Waals surface area contributed by atoms with E-state index in [0.29, 0.717) is 31.5 Å². The molecule has 0 spiro atoms. The Labute approximate surface area is 142 Å². The van der Waals surface area contributed by atoms with Crippen molar-refractivity contribution >= 4 is 5.91 Å². The molecule has 1 amide bonds. The van der Waals surface area contributed by atoms with Crippen molar-refractivity contribution in [3.63, 3.8) is 0 Å². The number of hydrogen-bond acceptors (Lipinski definition) is 6. The van der Waals surface area contributed by atoms with Gasteiger partial charge in [0.15, 0.2) is 0 Å². The SMILES string of the molecule is COCCCNC(=O)CN(C)Cc1nnc(-c2cccc(C)c2)o1. The zero-order valence-electron chi connectivity index (χ0n) is 14.4. The summed E-state index contributed by atoms with van der Waals surface area (Å²) in [6.07, 6.45) is 0.801. The normalized spacial score (nSPS) is 11.0. The number of ether oxygens (including phenoxy) is 1. The van der Waals surface area contributed by atoms with Crippen LogP contribution >= 0.6 is 0 Å². The van der Waals surface area contributed by atoms with Crippen molar-refractivity contribution in [1.82, 2.24) is 20.4 Å². The van der Waals surface area contributed by atoms with Crippen LogP contribution in [0.5, 0.6) is 0 Å². The number of carbonyl (C=O) groups is 1. The molecule has 0 aliphatic rings. The van der Waals surface area contributed by atoms with Crippen molar-refractivity contribution in [2.75, 3.05) is 33.9 Å². The van der Waals surface area contributed by atoms with E-state index in [0.717, 1.165) is 17.5 Å². The fourth-order valence-electron chi connectivity index (χ4n) is 2.24. The van der Waals surface area contributed by atoms with Crippen LogP contribution in [0.3, 0.4) is 0 Å². The molecule has 0 radical (unpaired) electrons. The Balaban J connectivity index is 1.82. The number of hydrogen-bond donors (Lipinski definition) is 1. The summed E-state index contributed by atoms with van der Waals surface area (Å²) in [7, 11) is 3.48. The summed E-state index contributed by atoms with van der Waals surface area (Å²) in [5.41, 5.74) is 2.03. The Morgan fingerprint density at radius 1 is 1.38 bits per heavy atom. The lowest BCUT2D eigenvalue weighted by molar-refractivity contribution is -0.122. The predicted molar refractivity (Wildman–Crippen MR) is 90.3 cm³/mol. The molecule has 1 N–H and O–H groups in total. The molecule has 0 atom stereocenters. The van der Waals surface area contributed by atoms with Gasteiger partial charge in [-0.2, -0.15) is 0 Å². The number of benzene rings is 1. The lowest BCUT2D eigenvalue weighted by Crippen LogP contribution is -2.35. The second kappa shape index (κ2) is 9.14. The lowest BCUT2D eigenvalue weighted by atomic mass is 10.1. The summed E-state index contributed by atoms with van der Waals surface area (Å²) < 4.78 is 10.6.